The molecular weight excluding hydrogens is 326 g/mol. The van der Waals surface area contributed by atoms with Crippen LogP contribution < -0.4 is 4.72 Å². The summed E-state index contributed by atoms with van der Waals surface area (Å²) in [6, 6.07) is 16.3. The maximum Gasteiger partial charge on any atom is 0.240 e. The first-order valence-electron chi connectivity index (χ1n) is 7.49. The van der Waals surface area contributed by atoms with E-state index < -0.39 is 10.0 Å². The van der Waals surface area contributed by atoms with Gasteiger partial charge in [-0.25, -0.2) is 13.1 Å². The van der Waals surface area contributed by atoms with Crippen molar-refractivity contribution in [3.8, 4) is 11.4 Å². The van der Waals surface area contributed by atoms with Crippen LogP contribution >= 0.6 is 0 Å². The van der Waals surface area contributed by atoms with Crippen molar-refractivity contribution in [2.75, 3.05) is 6.54 Å². The summed E-state index contributed by atoms with van der Waals surface area (Å²) in [5.74, 6) is 0.883. The van der Waals surface area contributed by atoms with Gasteiger partial charge in [-0.1, -0.05) is 53.7 Å². The van der Waals surface area contributed by atoms with Crippen molar-refractivity contribution in [1.29, 1.82) is 0 Å². The van der Waals surface area contributed by atoms with E-state index >= 15 is 0 Å². The Morgan fingerprint density at radius 2 is 1.75 bits per heavy atom. The van der Waals surface area contributed by atoms with Gasteiger partial charge in [-0.05, 0) is 18.6 Å². The van der Waals surface area contributed by atoms with E-state index in [-0.39, 0.29) is 11.4 Å². The SMILES string of the molecule is Cc1ccccc1S(=O)(=O)NCCc1nc(-c2ccccc2)no1. The zero-order chi connectivity index (χ0) is 17.0. The summed E-state index contributed by atoms with van der Waals surface area (Å²) in [4.78, 5) is 4.56. The Morgan fingerprint density at radius 3 is 2.50 bits per heavy atom. The molecule has 0 saturated heterocycles. The first-order chi connectivity index (χ1) is 11.6. The van der Waals surface area contributed by atoms with Gasteiger partial charge in [-0.2, -0.15) is 4.98 Å². The molecule has 1 aromatic heterocycles. The minimum absolute atomic E-state index is 0.188. The van der Waals surface area contributed by atoms with Crippen LogP contribution in [-0.2, 0) is 16.4 Å². The van der Waals surface area contributed by atoms with Gasteiger partial charge < -0.3 is 4.52 Å². The molecule has 124 valence electrons. The molecule has 1 heterocycles. The molecule has 3 rings (SSSR count). The van der Waals surface area contributed by atoms with E-state index in [4.69, 9.17) is 4.52 Å². The fourth-order valence-electron chi connectivity index (χ4n) is 2.29. The molecule has 0 unspecified atom stereocenters. The van der Waals surface area contributed by atoms with Crippen molar-refractivity contribution in [3.05, 3.63) is 66.1 Å². The molecule has 0 fully saturated rings. The highest BCUT2D eigenvalue weighted by Crippen LogP contribution is 2.16. The third-order valence-electron chi connectivity index (χ3n) is 3.51. The Hall–Kier alpha value is -2.51. The highest BCUT2D eigenvalue weighted by molar-refractivity contribution is 7.89. The maximum absolute atomic E-state index is 12.3. The lowest BCUT2D eigenvalue weighted by molar-refractivity contribution is 0.379. The average molecular weight is 343 g/mol. The monoisotopic (exact) mass is 343 g/mol. The van der Waals surface area contributed by atoms with Crippen LogP contribution in [0.3, 0.4) is 0 Å². The first-order valence-corrected chi connectivity index (χ1v) is 8.98. The van der Waals surface area contributed by atoms with Crippen molar-refractivity contribution in [3.63, 3.8) is 0 Å². The highest BCUT2D eigenvalue weighted by Gasteiger charge is 2.16. The van der Waals surface area contributed by atoms with Crippen LogP contribution in [0.4, 0.5) is 0 Å². The number of aromatic nitrogens is 2. The maximum atomic E-state index is 12.3. The fourth-order valence-corrected chi connectivity index (χ4v) is 3.56. The van der Waals surface area contributed by atoms with E-state index in [0.29, 0.717) is 23.7 Å². The Bertz CT molecular complexity index is 921. The minimum Gasteiger partial charge on any atom is -0.339 e. The molecule has 6 nitrogen and oxygen atoms in total. The van der Waals surface area contributed by atoms with Crippen LogP contribution in [0.25, 0.3) is 11.4 Å². The van der Waals surface area contributed by atoms with Crippen LogP contribution in [-0.4, -0.2) is 25.1 Å². The molecule has 3 aromatic rings. The van der Waals surface area contributed by atoms with E-state index in [1.54, 1.807) is 31.2 Å². The molecule has 0 aliphatic rings. The number of nitrogens with one attached hydrogen (secondary N) is 1. The Balaban J connectivity index is 1.63. The third kappa shape index (κ3) is 3.69. The fraction of sp³-hybridized carbons (Fsp3) is 0.176. The highest BCUT2D eigenvalue weighted by atomic mass is 32.2. The molecule has 0 aliphatic carbocycles. The zero-order valence-corrected chi connectivity index (χ0v) is 14.0. The Morgan fingerprint density at radius 1 is 1.04 bits per heavy atom. The van der Waals surface area contributed by atoms with Crippen molar-refractivity contribution in [2.45, 2.75) is 18.2 Å². The largest absolute Gasteiger partial charge is 0.339 e. The second-order valence-corrected chi connectivity index (χ2v) is 7.03. The number of hydrogen-bond donors (Lipinski definition) is 1. The van der Waals surface area contributed by atoms with E-state index in [9.17, 15) is 8.42 Å². The van der Waals surface area contributed by atoms with Gasteiger partial charge in [0.15, 0.2) is 0 Å². The number of sulfonamides is 1. The molecule has 7 heteroatoms. The molecule has 0 aliphatic heterocycles. The number of nitrogens with zero attached hydrogens (tertiary/aromatic N) is 2. The predicted octanol–water partition coefficient (Wildman–Crippen LogP) is 2.57. The van der Waals surface area contributed by atoms with Crippen LogP contribution in [0.5, 0.6) is 0 Å². The van der Waals surface area contributed by atoms with Gasteiger partial charge in [0.25, 0.3) is 0 Å². The normalized spacial score (nSPS) is 11.5. The van der Waals surface area contributed by atoms with Gasteiger partial charge in [0.1, 0.15) is 0 Å². The number of rotatable bonds is 6. The Kier molecular flexibility index (Phi) is 4.73. The van der Waals surface area contributed by atoms with E-state index in [0.717, 1.165) is 5.56 Å². The first kappa shape index (κ1) is 16.4. The summed E-state index contributed by atoms with van der Waals surface area (Å²) >= 11 is 0. The van der Waals surface area contributed by atoms with Gasteiger partial charge in [-0.3, -0.25) is 0 Å². The van der Waals surface area contributed by atoms with Gasteiger partial charge in [0.05, 0.1) is 4.90 Å². The number of benzene rings is 2. The summed E-state index contributed by atoms with van der Waals surface area (Å²) in [5.41, 5.74) is 1.56. The van der Waals surface area contributed by atoms with Crippen LogP contribution in [0.2, 0.25) is 0 Å². The average Bonchev–Trinajstić information content (AvgIpc) is 3.05. The standard InChI is InChI=1S/C17H17N3O3S/c1-13-7-5-6-10-15(13)24(21,22)18-12-11-16-19-17(20-23-16)14-8-3-2-4-9-14/h2-10,18H,11-12H2,1H3. The van der Waals surface area contributed by atoms with E-state index in [1.165, 1.54) is 0 Å². The molecule has 1 N–H and O–H groups in total. The van der Waals surface area contributed by atoms with Crippen molar-refractivity contribution in [2.24, 2.45) is 0 Å². The van der Waals surface area contributed by atoms with Crippen molar-refractivity contribution < 1.29 is 12.9 Å². The zero-order valence-electron chi connectivity index (χ0n) is 13.1. The van der Waals surface area contributed by atoms with Crippen molar-refractivity contribution >= 4 is 10.0 Å². The topological polar surface area (TPSA) is 85.1 Å². The summed E-state index contributed by atoms with van der Waals surface area (Å²) in [6.45, 7) is 1.95. The molecule has 0 radical (unpaired) electrons. The molecule has 0 bridgehead atoms. The lowest BCUT2D eigenvalue weighted by Crippen LogP contribution is -2.26. The van der Waals surface area contributed by atoms with Gasteiger partial charge in [0, 0.05) is 18.5 Å². The molecule has 0 saturated carbocycles. The van der Waals surface area contributed by atoms with Crippen molar-refractivity contribution in [1.82, 2.24) is 14.9 Å². The second-order valence-electron chi connectivity index (χ2n) is 5.29. The third-order valence-corrected chi connectivity index (χ3v) is 5.14. The lowest BCUT2D eigenvalue weighted by Gasteiger charge is -2.07. The minimum atomic E-state index is -3.55. The van der Waals surface area contributed by atoms with Crippen LogP contribution in [0.15, 0.2) is 64.0 Å². The summed E-state index contributed by atoms with van der Waals surface area (Å²) < 4.78 is 32.3. The van der Waals surface area contributed by atoms with Crippen LogP contribution in [0.1, 0.15) is 11.5 Å². The summed E-state index contributed by atoms with van der Waals surface area (Å²) in [5, 5.41) is 3.91. The van der Waals surface area contributed by atoms with E-state index in [1.807, 2.05) is 30.3 Å². The van der Waals surface area contributed by atoms with E-state index in [2.05, 4.69) is 14.9 Å². The molecule has 0 amide bonds. The van der Waals surface area contributed by atoms with Gasteiger partial charge in [0.2, 0.25) is 21.7 Å². The second kappa shape index (κ2) is 6.94. The summed E-state index contributed by atoms with van der Waals surface area (Å²) in [6.07, 6.45) is 0.324. The smallest absolute Gasteiger partial charge is 0.240 e. The summed E-state index contributed by atoms with van der Waals surface area (Å²) in [7, 11) is -3.55. The Labute approximate surface area is 140 Å². The molecule has 24 heavy (non-hydrogen) atoms. The molecule has 2 aromatic carbocycles. The van der Waals surface area contributed by atoms with Gasteiger partial charge in [-0.15, -0.1) is 0 Å². The molecule has 0 atom stereocenters. The lowest BCUT2D eigenvalue weighted by atomic mass is 10.2. The molecule has 0 spiro atoms. The van der Waals surface area contributed by atoms with Gasteiger partial charge >= 0.3 is 0 Å². The van der Waals surface area contributed by atoms with Crippen LogP contribution in [0, 0.1) is 6.92 Å². The predicted molar refractivity (Wildman–Crippen MR) is 89.8 cm³/mol. The number of hydrogen-bond acceptors (Lipinski definition) is 5. The quantitative estimate of drug-likeness (QED) is 0.743. The molecular formula is C17H17N3O3S. The number of aryl methyl sites for hydroxylation is 1.